The third-order valence-corrected chi connectivity index (χ3v) is 5.65. The van der Waals surface area contributed by atoms with Crippen molar-refractivity contribution < 1.29 is 23.9 Å². The van der Waals surface area contributed by atoms with E-state index in [1.54, 1.807) is 29.2 Å². The maximum Gasteiger partial charge on any atom is 0.329 e. The summed E-state index contributed by atoms with van der Waals surface area (Å²) in [6.45, 7) is 1.05. The number of amides is 3. The molecule has 0 radical (unpaired) electrons. The highest BCUT2D eigenvalue weighted by Gasteiger charge is 2.42. The fourth-order valence-electron chi connectivity index (χ4n) is 3.96. The Morgan fingerprint density at radius 1 is 1.14 bits per heavy atom. The first kappa shape index (κ1) is 19.4. The topological polar surface area (TPSA) is 84.0 Å². The number of imide groups is 1. The Kier molecular flexibility index (Phi) is 5.22. The summed E-state index contributed by atoms with van der Waals surface area (Å²) in [5.41, 5.74) is 1.57. The van der Waals surface area contributed by atoms with Crippen molar-refractivity contribution in [1.82, 2.24) is 9.80 Å². The van der Waals surface area contributed by atoms with Gasteiger partial charge in [0, 0.05) is 11.7 Å². The zero-order valence-corrected chi connectivity index (χ0v) is 16.4. The second kappa shape index (κ2) is 7.81. The van der Waals surface area contributed by atoms with Crippen molar-refractivity contribution in [3.05, 3.63) is 47.2 Å². The molecule has 3 amide bonds. The normalized spacial score (nSPS) is 19.5. The number of nitrogens with zero attached hydrogens (tertiary/aromatic N) is 2. The number of carbonyl (C=O) groups is 4. The second-order valence-corrected chi connectivity index (χ2v) is 7.75. The molecule has 7 heteroatoms. The van der Waals surface area contributed by atoms with Gasteiger partial charge in [-0.15, -0.1) is 0 Å². The molecule has 0 N–H and O–H groups in total. The summed E-state index contributed by atoms with van der Waals surface area (Å²) in [7, 11) is 0. The van der Waals surface area contributed by atoms with Gasteiger partial charge in [0.25, 0.3) is 17.7 Å². The lowest BCUT2D eigenvalue weighted by atomic mass is 10.0. The SMILES string of the molecule is C[C@H](C(=O)OCC(=O)N(C1=CCCCC1)C1CC1)N1C(=O)c2ccccc2C1=O. The van der Waals surface area contributed by atoms with Crippen molar-refractivity contribution in [2.24, 2.45) is 0 Å². The summed E-state index contributed by atoms with van der Waals surface area (Å²) in [6, 6.07) is 5.55. The van der Waals surface area contributed by atoms with Crippen LogP contribution in [0.25, 0.3) is 0 Å². The Bertz CT molecular complexity index is 867. The lowest BCUT2D eigenvalue weighted by molar-refractivity contribution is -0.154. The quantitative estimate of drug-likeness (QED) is 0.545. The number of esters is 1. The summed E-state index contributed by atoms with van der Waals surface area (Å²) >= 11 is 0. The molecule has 3 aliphatic rings. The number of rotatable bonds is 6. The maximum atomic E-state index is 12.7. The van der Waals surface area contributed by atoms with Gasteiger partial charge >= 0.3 is 5.97 Å². The van der Waals surface area contributed by atoms with Crippen molar-refractivity contribution in [2.45, 2.75) is 57.5 Å². The van der Waals surface area contributed by atoms with Crippen LogP contribution < -0.4 is 0 Å². The van der Waals surface area contributed by atoms with Crippen molar-refractivity contribution in [1.29, 1.82) is 0 Å². The van der Waals surface area contributed by atoms with Gasteiger partial charge in [-0.05, 0) is 57.6 Å². The minimum atomic E-state index is -1.10. The van der Waals surface area contributed by atoms with Crippen LogP contribution in [-0.4, -0.2) is 52.2 Å². The molecule has 29 heavy (non-hydrogen) atoms. The average molecular weight is 396 g/mol. The standard InChI is InChI=1S/C22H24N2O5/c1-14(23-20(26)17-9-5-6-10-18(17)21(23)27)22(28)29-13-19(25)24(16-11-12-16)15-7-3-2-4-8-15/h5-7,9-10,14,16H,2-4,8,11-13H2,1H3/t14-/m1/s1. The highest BCUT2D eigenvalue weighted by atomic mass is 16.5. The van der Waals surface area contributed by atoms with E-state index in [9.17, 15) is 19.2 Å². The van der Waals surface area contributed by atoms with Gasteiger partial charge in [0.15, 0.2) is 6.61 Å². The van der Waals surface area contributed by atoms with E-state index in [2.05, 4.69) is 6.08 Å². The summed E-state index contributed by atoms with van der Waals surface area (Å²) in [5, 5.41) is 0. The smallest absolute Gasteiger partial charge is 0.329 e. The van der Waals surface area contributed by atoms with Crippen LogP contribution in [0.15, 0.2) is 36.0 Å². The Hall–Kier alpha value is -2.96. The van der Waals surface area contributed by atoms with E-state index in [-0.39, 0.29) is 29.7 Å². The second-order valence-electron chi connectivity index (χ2n) is 7.75. The molecule has 7 nitrogen and oxygen atoms in total. The minimum Gasteiger partial charge on any atom is -0.454 e. The molecule has 1 fully saturated rings. The van der Waals surface area contributed by atoms with E-state index in [4.69, 9.17) is 4.74 Å². The van der Waals surface area contributed by atoms with E-state index in [0.717, 1.165) is 49.1 Å². The number of allylic oxidation sites excluding steroid dienone is 2. The number of ether oxygens (including phenoxy) is 1. The third-order valence-electron chi connectivity index (χ3n) is 5.65. The molecule has 1 heterocycles. The lowest BCUT2D eigenvalue weighted by Gasteiger charge is -2.28. The van der Waals surface area contributed by atoms with Crippen molar-refractivity contribution >= 4 is 23.7 Å². The molecule has 2 aliphatic carbocycles. The molecule has 1 saturated carbocycles. The van der Waals surface area contributed by atoms with Gasteiger partial charge in [-0.2, -0.15) is 0 Å². The number of benzene rings is 1. The predicted octanol–water partition coefficient (Wildman–Crippen LogP) is 2.66. The summed E-state index contributed by atoms with van der Waals surface area (Å²) in [4.78, 5) is 53.0. The molecule has 0 bridgehead atoms. The molecule has 0 unspecified atom stereocenters. The predicted molar refractivity (Wildman–Crippen MR) is 104 cm³/mol. The van der Waals surface area contributed by atoms with E-state index in [1.165, 1.54) is 6.92 Å². The first-order valence-electron chi connectivity index (χ1n) is 10.1. The molecule has 152 valence electrons. The largest absolute Gasteiger partial charge is 0.454 e. The molecule has 0 aromatic heterocycles. The zero-order valence-electron chi connectivity index (χ0n) is 16.4. The van der Waals surface area contributed by atoms with E-state index in [0.29, 0.717) is 0 Å². The summed E-state index contributed by atoms with van der Waals surface area (Å²) in [5.74, 6) is -2.05. The van der Waals surface area contributed by atoms with E-state index in [1.807, 2.05) is 0 Å². The minimum absolute atomic E-state index is 0.194. The summed E-state index contributed by atoms with van der Waals surface area (Å²) in [6.07, 6.45) is 8.03. The number of hydrogen-bond donors (Lipinski definition) is 0. The first-order chi connectivity index (χ1) is 14.0. The van der Waals surface area contributed by atoms with Crippen LogP contribution in [0.2, 0.25) is 0 Å². The van der Waals surface area contributed by atoms with Gasteiger partial charge < -0.3 is 9.64 Å². The highest BCUT2D eigenvalue weighted by molar-refractivity contribution is 6.22. The third kappa shape index (κ3) is 3.69. The van der Waals surface area contributed by atoms with Crippen molar-refractivity contribution in [3.8, 4) is 0 Å². The van der Waals surface area contributed by atoms with Crippen LogP contribution in [-0.2, 0) is 14.3 Å². The van der Waals surface area contributed by atoms with Gasteiger partial charge in [0.05, 0.1) is 11.1 Å². The first-order valence-corrected chi connectivity index (χ1v) is 10.1. The average Bonchev–Trinajstić information content (AvgIpc) is 3.54. The zero-order chi connectivity index (χ0) is 20.5. The molecule has 4 rings (SSSR count). The highest BCUT2D eigenvalue weighted by Crippen LogP contribution is 2.33. The van der Waals surface area contributed by atoms with Crippen LogP contribution in [0.3, 0.4) is 0 Å². The van der Waals surface area contributed by atoms with Gasteiger partial charge in [0.1, 0.15) is 6.04 Å². The summed E-state index contributed by atoms with van der Waals surface area (Å²) < 4.78 is 5.22. The number of hydrogen-bond acceptors (Lipinski definition) is 5. The Morgan fingerprint density at radius 2 is 1.79 bits per heavy atom. The van der Waals surface area contributed by atoms with Crippen molar-refractivity contribution in [3.63, 3.8) is 0 Å². The number of carbonyl (C=O) groups excluding carboxylic acids is 4. The van der Waals surface area contributed by atoms with Gasteiger partial charge in [-0.25, -0.2) is 4.79 Å². The molecule has 1 aliphatic heterocycles. The monoisotopic (exact) mass is 396 g/mol. The molecular weight excluding hydrogens is 372 g/mol. The fraction of sp³-hybridized carbons (Fsp3) is 0.455. The van der Waals surface area contributed by atoms with Crippen molar-refractivity contribution in [2.75, 3.05) is 6.61 Å². The van der Waals surface area contributed by atoms with Gasteiger partial charge in [-0.1, -0.05) is 18.2 Å². The van der Waals surface area contributed by atoms with Crippen LogP contribution in [0.1, 0.15) is 66.2 Å². The molecule has 1 aromatic rings. The van der Waals surface area contributed by atoms with Crippen LogP contribution in [0.5, 0.6) is 0 Å². The van der Waals surface area contributed by atoms with Crippen LogP contribution in [0.4, 0.5) is 0 Å². The Balaban J connectivity index is 1.39. The lowest BCUT2D eigenvalue weighted by Crippen LogP contribution is -2.45. The number of fused-ring (bicyclic) bond motifs is 1. The Morgan fingerprint density at radius 3 is 2.34 bits per heavy atom. The molecule has 1 aromatic carbocycles. The van der Waals surface area contributed by atoms with Crippen LogP contribution in [0, 0.1) is 0 Å². The van der Waals surface area contributed by atoms with E-state index < -0.39 is 23.8 Å². The molecular formula is C22H24N2O5. The van der Waals surface area contributed by atoms with E-state index >= 15 is 0 Å². The Labute approximate surface area is 169 Å². The molecule has 0 saturated heterocycles. The van der Waals surface area contributed by atoms with Crippen LogP contribution >= 0.6 is 0 Å². The van der Waals surface area contributed by atoms with Gasteiger partial charge in [0.2, 0.25) is 0 Å². The fourth-order valence-corrected chi connectivity index (χ4v) is 3.96. The maximum absolute atomic E-state index is 12.7. The van der Waals surface area contributed by atoms with Gasteiger partial charge in [-0.3, -0.25) is 19.3 Å². The molecule has 0 spiro atoms. The molecule has 1 atom stereocenters.